The summed E-state index contributed by atoms with van der Waals surface area (Å²) < 4.78 is 37.5. The quantitative estimate of drug-likeness (QED) is 0.0527. The molecule has 0 saturated heterocycles. The zero-order valence-corrected chi connectivity index (χ0v) is 27.4. The fourth-order valence-electron chi connectivity index (χ4n) is 4.07. The Morgan fingerprint density at radius 3 is 1.92 bits per heavy atom. The molecule has 0 radical (unpaired) electrons. The number of nitrogens with zero attached hydrogens (tertiary/aromatic N) is 4. The van der Waals surface area contributed by atoms with E-state index in [1.165, 1.54) is 54.5 Å². The highest BCUT2D eigenvalue weighted by Gasteiger charge is 2.20. The number of nitrogens with two attached hydrogens (primary N) is 4. The van der Waals surface area contributed by atoms with Crippen molar-refractivity contribution in [3.8, 4) is 5.75 Å². The van der Waals surface area contributed by atoms with Crippen LogP contribution in [0.15, 0.2) is 97.4 Å². The molecule has 12 N–H and O–H groups in total. The molecule has 1 amide bonds. The second-order valence-corrected chi connectivity index (χ2v) is 10.3. The highest BCUT2D eigenvalue weighted by Crippen LogP contribution is 2.27. The number of imidazole rings is 2. The summed E-state index contributed by atoms with van der Waals surface area (Å²) in [4.78, 5) is 53.2. The number of carbonyl (C=O) groups excluding carboxylic acids is 2. The minimum atomic E-state index is -1.49. The number of benzene rings is 2. The monoisotopic (exact) mass is 720 g/mol. The zero-order valence-electron chi connectivity index (χ0n) is 27.4. The van der Waals surface area contributed by atoms with E-state index in [-0.39, 0.29) is 52.7 Å². The molecule has 0 atom stereocenters. The van der Waals surface area contributed by atoms with Crippen molar-refractivity contribution in [2.45, 2.75) is 6.42 Å². The molecule has 272 valence electrons. The first-order valence-corrected chi connectivity index (χ1v) is 14.8. The Bertz CT molecular complexity index is 2040. The van der Waals surface area contributed by atoms with Crippen molar-refractivity contribution >= 4 is 47.1 Å². The van der Waals surface area contributed by atoms with E-state index in [1.807, 2.05) is 0 Å². The summed E-state index contributed by atoms with van der Waals surface area (Å²) in [6.07, 6.45) is 15.3. The summed E-state index contributed by atoms with van der Waals surface area (Å²) in [6.45, 7) is -0.269. The summed E-state index contributed by atoms with van der Waals surface area (Å²) in [5, 5.41) is 23.6. The normalized spacial score (nSPS) is 12.0. The second kappa shape index (κ2) is 18.4. The number of carboxylic acids is 2. The van der Waals surface area contributed by atoms with Gasteiger partial charge in [0.2, 0.25) is 0 Å². The van der Waals surface area contributed by atoms with Crippen molar-refractivity contribution in [1.29, 1.82) is 0 Å². The molecule has 0 saturated carbocycles. The standard InChI is InChI=1S/C25H24F2N6O6.C8H10N4O/c1-30-19-8-13(16(26)9-14(19)24(35)36)4-7-39-21-10-15(25(37)38)20(11-17(21)27)32-23(34)18(28)2-3-22(29)33-6-5-31-12-33;9-7(5-13)1-2-8(10)12-4-3-11-6-12/h2-3,5-6,8-12,30H,4,7,28-29H2,1H3,(H,32,34)(H,35,36)(H,37,38);1-6H,9-10H2/b18-2-,22-3+;7-1-,8-2+. The van der Waals surface area contributed by atoms with E-state index < -0.39 is 40.8 Å². The van der Waals surface area contributed by atoms with Gasteiger partial charge in [-0.05, 0) is 48.1 Å². The molecule has 0 aliphatic heterocycles. The van der Waals surface area contributed by atoms with Crippen molar-refractivity contribution in [3.63, 3.8) is 0 Å². The van der Waals surface area contributed by atoms with E-state index in [4.69, 9.17) is 32.8 Å². The summed E-state index contributed by atoms with van der Waals surface area (Å²) in [7, 11) is 1.47. The number of carboxylic acid groups (broad SMARTS) is 2. The number of aromatic nitrogens is 4. The number of ether oxygens (including phenoxy) is 1. The molecule has 4 aromatic rings. The van der Waals surface area contributed by atoms with Crippen molar-refractivity contribution in [3.05, 3.63) is 126 Å². The largest absolute Gasteiger partial charge is 0.490 e. The number of hydrogen-bond acceptors (Lipinski definition) is 12. The molecular formula is C33H34F2N10O7. The third-order valence-electron chi connectivity index (χ3n) is 6.75. The number of carbonyl (C=O) groups is 4. The van der Waals surface area contributed by atoms with Gasteiger partial charge in [-0.2, -0.15) is 0 Å². The molecule has 17 nitrogen and oxygen atoms in total. The lowest BCUT2D eigenvalue weighted by atomic mass is 10.1. The van der Waals surface area contributed by atoms with Crippen LogP contribution in [0.5, 0.6) is 5.75 Å². The molecule has 2 aromatic heterocycles. The van der Waals surface area contributed by atoms with Crippen LogP contribution in [0.3, 0.4) is 0 Å². The van der Waals surface area contributed by atoms with E-state index in [0.29, 0.717) is 12.1 Å². The molecule has 52 heavy (non-hydrogen) atoms. The van der Waals surface area contributed by atoms with Gasteiger partial charge in [0.1, 0.15) is 30.1 Å². The van der Waals surface area contributed by atoms with Gasteiger partial charge < -0.3 is 48.5 Å². The predicted molar refractivity (Wildman–Crippen MR) is 186 cm³/mol. The number of amides is 1. The average molecular weight is 721 g/mol. The van der Waals surface area contributed by atoms with E-state index in [2.05, 4.69) is 20.6 Å². The number of aldehydes is 1. The zero-order chi connectivity index (χ0) is 38.4. The molecule has 2 aromatic carbocycles. The van der Waals surface area contributed by atoms with Gasteiger partial charge in [-0.1, -0.05) is 0 Å². The Morgan fingerprint density at radius 1 is 0.827 bits per heavy atom. The summed E-state index contributed by atoms with van der Waals surface area (Å²) in [5.41, 5.74) is 21.3. The second-order valence-electron chi connectivity index (χ2n) is 10.3. The van der Waals surface area contributed by atoms with Crippen LogP contribution in [0.4, 0.5) is 20.2 Å². The Hall–Kier alpha value is -7.44. The first-order chi connectivity index (χ1) is 24.7. The van der Waals surface area contributed by atoms with Gasteiger partial charge in [0.15, 0.2) is 17.9 Å². The van der Waals surface area contributed by atoms with Crippen LogP contribution in [0.25, 0.3) is 11.6 Å². The number of rotatable bonds is 14. The minimum Gasteiger partial charge on any atom is -0.490 e. The van der Waals surface area contributed by atoms with Crippen LogP contribution in [0.2, 0.25) is 0 Å². The summed E-state index contributed by atoms with van der Waals surface area (Å²) in [6, 6.07) is 3.76. The molecule has 0 bridgehead atoms. The number of aromatic carboxylic acids is 2. The first-order valence-electron chi connectivity index (χ1n) is 14.8. The Labute approximate surface area is 294 Å². The van der Waals surface area contributed by atoms with E-state index in [1.54, 1.807) is 29.5 Å². The molecule has 0 unspecified atom stereocenters. The molecule has 19 heteroatoms. The fourth-order valence-corrected chi connectivity index (χ4v) is 4.07. The van der Waals surface area contributed by atoms with E-state index in [9.17, 15) is 33.1 Å². The maximum atomic E-state index is 14.7. The predicted octanol–water partition coefficient (Wildman–Crippen LogP) is 2.14. The molecule has 4 rings (SSSR count). The van der Waals surface area contributed by atoms with Gasteiger partial charge in [-0.15, -0.1) is 0 Å². The number of anilines is 2. The fraction of sp³-hybridized carbons (Fsp3) is 0.0909. The van der Waals surface area contributed by atoms with Gasteiger partial charge in [-0.3, -0.25) is 18.7 Å². The van der Waals surface area contributed by atoms with Crippen LogP contribution < -0.4 is 38.3 Å². The molecule has 2 heterocycles. The molecule has 0 aliphatic carbocycles. The van der Waals surface area contributed by atoms with Crippen LogP contribution in [0, 0.1) is 11.6 Å². The minimum absolute atomic E-state index is 0.0855. The highest BCUT2D eigenvalue weighted by atomic mass is 19.1. The Kier molecular flexibility index (Phi) is 13.8. The number of allylic oxidation sites excluding steroid dienone is 5. The summed E-state index contributed by atoms with van der Waals surface area (Å²) >= 11 is 0. The SMILES string of the molecule is CNc1cc(CCOc2cc(C(=O)O)c(NC(=O)/C(N)=C/C=C(\N)n3ccnc3)cc2F)c(F)cc1C(=O)O.N/C(C=O)=C\C=C(/N)n1ccnc1. The van der Waals surface area contributed by atoms with Gasteiger partial charge in [-0.25, -0.2) is 28.3 Å². The lowest BCUT2D eigenvalue weighted by Crippen LogP contribution is -2.21. The maximum absolute atomic E-state index is 14.7. The summed E-state index contributed by atoms with van der Waals surface area (Å²) in [5.74, 6) is -5.34. The van der Waals surface area contributed by atoms with Crippen molar-refractivity contribution < 1.29 is 42.9 Å². The molecule has 0 aliphatic rings. The highest BCUT2D eigenvalue weighted by molar-refractivity contribution is 6.07. The number of nitrogens with one attached hydrogen (secondary N) is 2. The van der Waals surface area contributed by atoms with Crippen LogP contribution >= 0.6 is 0 Å². The van der Waals surface area contributed by atoms with Crippen molar-refractivity contribution in [1.82, 2.24) is 19.1 Å². The molecular weight excluding hydrogens is 686 g/mol. The maximum Gasteiger partial charge on any atom is 0.337 e. The van der Waals surface area contributed by atoms with Crippen LogP contribution in [-0.2, 0) is 16.0 Å². The van der Waals surface area contributed by atoms with Crippen LogP contribution in [0.1, 0.15) is 26.3 Å². The molecule has 0 spiro atoms. The van der Waals surface area contributed by atoms with E-state index >= 15 is 0 Å². The van der Waals surface area contributed by atoms with Gasteiger partial charge >= 0.3 is 11.9 Å². The topological polar surface area (TPSA) is 282 Å². The molecule has 0 fully saturated rings. The average Bonchev–Trinajstić information content (AvgIpc) is 3.86. The van der Waals surface area contributed by atoms with Crippen molar-refractivity contribution in [2.75, 3.05) is 24.3 Å². The Morgan fingerprint density at radius 2 is 1.40 bits per heavy atom. The number of halogens is 2. The van der Waals surface area contributed by atoms with Gasteiger partial charge in [0, 0.05) is 50.0 Å². The third kappa shape index (κ3) is 10.8. The first kappa shape index (κ1) is 39.0. The third-order valence-corrected chi connectivity index (χ3v) is 6.75. The lowest BCUT2D eigenvalue weighted by Gasteiger charge is -2.14. The Balaban J connectivity index is 0.000000471. The van der Waals surface area contributed by atoms with E-state index in [0.717, 1.165) is 18.2 Å². The van der Waals surface area contributed by atoms with Gasteiger partial charge in [0.05, 0.1) is 34.8 Å². The smallest absolute Gasteiger partial charge is 0.337 e. The lowest BCUT2D eigenvalue weighted by molar-refractivity contribution is -0.113. The van der Waals surface area contributed by atoms with Gasteiger partial charge in [0.25, 0.3) is 5.91 Å². The van der Waals surface area contributed by atoms with Crippen LogP contribution in [-0.4, -0.2) is 67.1 Å². The number of hydrogen-bond donors (Lipinski definition) is 8. The van der Waals surface area contributed by atoms with Crippen molar-refractivity contribution in [2.24, 2.45) is 22.9 Å².